The molecule has 7 nitrogen and oxygen atoms in total. The van der Waals surface area contributed by atoms with Crippen molar-refractivity contribution < 1.29 is 4.79 Å². The fourth-order valence-corrected chi connectivity index (χ4v) is 1.68. The van der Waals surface area contributed by atoms with E-state index >= 15 is 0 Å². The van der Waals surface area contributed by atoms with Gasteiger partial charge >= 0.3 is 5.69 Å². The van der Waals surface area contributed by atoms with Gasteiger partial charge in [-0.25, -0.2) is 4.79 Å². The summed E-state index contributed by atoms with van der Waals surface area (Å²) in [6.07, 6.45) is 1.32. The molecule has 0 bridgehead atoms. The Hall–Kier alpha value is -1.60. The number of halogens is 1. The van der Waals surface area contributed by atoms with Crippen molar-refractivity contribution in [3.05, 3.63) is 33.1 Å². The van der Waals surface area contributed by atoms with Crippen molar-refractivity contribution in [2.75, 3.05) is 6.54 Å². The van der Waals surface area contributed by atoms with Crippen molar-refractivity contribution in [1.82, 2.24) is 14.5 Å². The molecule has 8 heteroatoms. The third-order valence-corrected chi connectivity index (χ3v) is 3.70. The number of nitrogens with zero attached hydrogens (tertiary/aromatic N) is 2. The highest BCUT2D eigenvalue weighted by Crippen LogP contribution is 2.14. The molecule has 1 aromatic heterocycles. The van der Waals surface area contributed by atoms with Gasteiger partial charge in [0.2, 0.25) is 5.91 Å². The largest absolute Gasteiger partial charge is 0.348 e. The summed E-state index contributed by atoms with van der Waals surface area (Å²) in [5.41, 5.74) is 4.24. The second kappa shape index (κ2) is 7.42. The molecule has 1 rings (SSSR count). The first-order valence-electron chi connectivity index (χ1n) is 6.49. The van der Waals surface area contributed by atoms with Crippen LogP contribution < -0.4 is 22.3 Å². The molecule has 0 aliphatic carbocycles. The predicted octanol–water partition coefficient (Wildman–Crippen LogP) is -0.542. The van der Waals surface area contributed by atoms with Crippen molar-refractivity contribution in [2.45, 2.75) is 32.9 Å². The number of nitrogens with one attached hydrogen (secondary N) is 1. The Bertz CT molecular complexity index is 608. The van der Waals surface area contributed by atoms with Gasteiger partial charge < -0.3 is 11.1 Å². The highest BCUT2D eigenvalue weighted by atomic mass is 35.5. The highest BCUT2D eigenvalue weighted by molar-refractivity contribution is 5.85. The summed E-state index contributed by atoms with van der Waals surface area (Å²) in [4.78, 5) is 35.1. The number of hydrogen-bond acceptors (Lipinski definition) is 4. The number of aromatic nitrogens is 2. The standard InChI is InChI=1S/C13H22N4O3.ClH/c1-9(2)13(3,8-14)15-10(18)7-17-6-5-11(19)16(4)12(17)20;/h5-6,9H,7-8,14H2,1-4H3,(H,15,18);1H. The summed E-state index contributed by atoms with van der Waals surface area (Å²) >= 11 is 0. The van der Waals surface area contributed by atoms with E-state index in [0.29, 0.717) is 6.54 Å². The molecule has 0 aromatic carbocycles. The van der Waals surface area contributed by atoms with E-state index < -0.39 is 16.8 Å². The molecule has 0 aliphatic rings. The maximum absolute atomic E-state index is 12.0. The second-order valence-electron chi connectivity index (χ2n) is 5.45. The van der Waals surface area contributed by atoms with Gasteiger partial charge in [0.05, 0.1) is 5.54 Å². The van der Waals surface area contributed by atoms with Gasteiger partial charge in [-0.3, -0.25) is 18.7 Å². The van der Waals surface area contributed by atoms with Crippen LogP contribution in [0.2, 0.25) is 0 Å². The molecule has 120 valence electrons. The van der Waals surface area contributed by atoms with Gasteiger partial charge in [-0.2, -0.15) is 0 Å². The number of hydrogen-bond donors (Lipinski definition) is 2. The number of carbonyl (C=O) groups excluding carboxylic acids is 1. The molecule has 0 aliphatic heterocycles. The van der Waals surface area contributed by atoms with E-state index in [-0.39, 0.29) is 30.8 Å². The zero-order valence-electron chi connectivity index (χ0n) is 12.8. The second-order valence-corrected chi connectivity index (χ2v) is 5.45. The van der Waals surface area contributed by atoms with E-state index in [2.05, 4.69) is 5.32 Å². The first-order valence-corrected chi connectivity index (χ1v) is 6.49. The van der Waals surface area contributed by atoms with Crippen LogP contribution in [0.4, 0.5) is 0 Å². The lowest BCUT2D eigenvalue weighted by molar-refractivity contribution is -0.124. The quantitative estimate of drug-likeness (QED) is 0.761. The number of nitrogens with two attached hydrogens (primary N) is 1. The molecule has 3 N–H and O–H groups in total. The Labute approximate surface area is 129 Å². The fraction of sp³-hybridized carbons (Fsp3) is 0.615. The lowest BCUT2D eigenvalue weighted by Gasteiger charge is -2.33. The maximum atomic E-state index is 12.0. The molecule has 0 fully saturated rings. The number of carbonyl (C=O) groups is 1. The molecular formula is C13H23ClN4O3. The minimum Gasteiger partial charge on any atom is -0.348 e. The third kappa shape index (κ3) is 4.44. The Kier molecular flexibility index (Phi) is 6.85. The van der Waals surface area contributed by atoms with Gasteiger partial charge in [0.15, 0.2) is 0 Å². The van der Waals surface area contributed by atoms with Crippen molar-refractivity contribution in [3.8, 4) is 0 Å². The minimum absolute atomic E-state index is 0. The fourth-order valence-electron chi connectivity index (χ4n) is 1.68. The maximum Gasteiger partial charge on any atom is 0.331 e. The summed E-state index contributed by atoms with van der Waals surface area (Å²) in [6.45, 7) is 5.95. The van der Waals surface area contributed by atoms with Crippen LogP contribution in [0.25, 0.3) is 0 Å². The Morgan fingerprint density at radius 2 is 2.00 bits per heavy atom. The van der Waals surface area contributed by atoms with Gasteiger partial charge in [0.25, 0.3) is 5.56 Å². The van der Waals surface area contributed by atoms with Crippen LogP contribution in [0, 0.1) is 5.92 Å². The Morgan fingerprint density at radius 1 is 1.43 bits per heavy atom. The third-order valence-electron chi connectivity index (χ3n) is 3.70. The summed E-state index contributed by atoms with van der Waals surface area (Å²) in [7, 11) is 1.37. The zero-order chi connectivity index (χ0) is 15.5. The molecule has 1 unspecified atom stereocenters. The summed E-state index contributed by atoms with van der Waals surface area (Å²) < 4.78 is 2.14. The average molecular weight is 319 g/mol. The van der Waals surface area contributed by atoms with Crippen LogP contribution in [0.15, 0.2) is 21.9 Å². The number of rotatable bonds is 5. The first kappa shape index (κ1) is 19.4. The van der Waals surface area contributed by atoms with Gasteiger partial charge in [0, 0.05) is 25.9 Å². The van der Waals surface area contributed by atoms with E-state index in [0.717, 1.165) is 4.57 Å². The number of amides is 1. The molecule has 21 heavy (non-hydrogen) atoms. The van der Waals surface area contributed by atoms with Crippen LogP contribution in [-0.4, -0.2) is 27.1 Å². The van der Waals surface area contributed by atoms with Crippen molar-refractivity contribution in [1.29, 1.82) is 0 Å². The molecule has 1 atom stereocenters. The Morgan fingerprint density at radius 3 is 2.48 bits per heavy atom. The first-order chi connectivity index (χ1) is 9.21. The van der Waals surface area contributed by atoms with Crippen molar-refractivity contribution in [3.63, 3.8) is 0 Å². The van der Waals surface area contributed by atoms with E-state index in [1.165, 1.54) is 23.9 Å². The Balaban J connectivity index is 0.00000400. The molecule has 0 saturated heterocycles. The zero-order valence-corrected chi connectivity index (χ0v) is 13.6. The summed E-state index contributed by atoms with van der Waals surface area (Å²) in [5, 5.41) is 2.84. The van der Waals surface area contributed by atoms with Crippen molar-refractivity contribution >= 4 is 18.3 Å². The molecule has 1 heterocycles. The van der Waals surface area contributed by atoms with E-state index in [4.69, 9.17) is 5.73 Å². The van der Waals surface area contributed by atoms with E-state index in [1.807, 2.05) is 20.8 Å². The minimum atomic E-state index is -0.526. The van der Waals surface area contributed by atoms with Crippen molar-refractivity contribution in [2.24, 2.45) is 18.7 Å². The summed E-state index contributed by atoms with van der Waals surface area (Å²) in [5.74, 6) is -0.152. The van der Waals surface area contributed by atoms with Crippen LogP contribution in [0.3, 0.4) is 0 Å². The van der Waals surface area contributed by atoms with Gasteiger partial charge in [-0.15, -0.1) is 12.4 Å². The molecule has 1 aromatic rings. The molecule has 0 radical (unpaired) electrons. The van der Waals surface area contributed by atoms with Crippen LogP contribution in [-0.2, 0) is 18.4 Å². The van der Waals surface area contributed by atoms with Crippen LogP contribution in [0.5, 0.6) is 0 Å². The lowest BCUT2D eigenvalue weighted by Crippen LogP contribution is -2.56. The van der Waals surface area contributed by atoms with E-state index in [9.17, 15) is 14.4 Å². The normalized spacial score (nSPS) is 13.4. The van der Waals surface area contributed by atoms with Gasteiger partial charge in [-0.1, -0.05) is 13.8 Å². The van der Waals surface area contributed by atoms with E-state index in [1.54, 1.807) is 0 Å². The predicted molar refractivity (Wildman–Crippen MR) is 83.6 cm³/mol. The molecule has 0 saturated carbocycles. The highest BCUT2D eigenvalue weighted by Gasteiger charge is 2.28. The SMILES string of the molecule is CC(C)C(C)(CN)NC(=O)Cn1ccc(=O)n(C)c1=O.Cl. The molecule has 0 spiro atoms. The topological polar surface area (TPSA) is 99.1 Å². The smallest absolute Gasteiger partial charge is 0.331 e. The monoisotopic (exact) mass is 318 g/mol. The van der Waals surface area contributed by atoms with Gasteiger partial charge in [0.1, 0.15) is 6.54 Å². The lowest BCUT2D eigenvalue weighted by atomic mass is 9.88. The van der Waals surface area contributed by atoms with Crippen LogP contribution >= 0.6 is 12.4 Å². The molecular weight excluding hydrogens is 296 g/mol. The average Bonchev–Trinajstić information content (AvgIpc) is 2.39. The van der Waals surface area contributed by atoms with Crippen LogP contribution in [0.1, 0.15) is 20.8 Å². The molecule has 1 amide bonds. The summed E-state index contributed by atoms with van der Waals surface area (Å²) in [6, 6.07) is 1.25. The van der Waals surface area contributed by atoms with Gasteiger partial charge in [-0.05, 0) is 12.8 Å².